The number of rotatable bonds is 6. The molecular weight excluding hydrogens is 318 g/mol. The second-order valence-electron chi connectivity index (χ2n) is 5.93. The lowest BCUT2D eigenvalue weighted by molar-refractivity contribution is 0.966. The molecule has 4 rings (SSSR count). The number of nitrogens with one attached hydrogen (secondary N) is 2. The zero-order valence-corrected chi connectivity index (χ0v) is 14.4. The van der Waals surface area contributed by atoms with Crippen LogP contribution in [0, 0.1) is 0 Å². The van der Waals surface area contributed by atoms with E-state index in [4.69, 9.17) is 0 Å². The minimum Gasteiger partial charge on any atom is -0.323 e. The number of H-pyrrole nitrogens is 1. The highest BCUT2D eigenvalue weighted by molar-refractivity contribution is 7.15. The van der Waals surface area contributed by atoms with Crippen molar-refractivity contribution in [3.8, 4) is 10.7 Å². The molecule has 0 aromatic carbocycles. The van der Waals surface area contributed by atoms with Crippen molar-refractivity contribution in [3.63, 3.8) is 0 Å². The molecule has 5 nitrogen and oxygen atoms in total. The number of aryl methyl sites for hydroxylation is 1. The molecule has 2 N–H and O–H groups in total. The number of aromatic nitrogens is 4. The summed E-state index contributed by atoms with van der Waals surface area (Å²) in [6.07, 6.45) is 7.08. The van der Waals surface area contributed by atoms with E-state index in [0.717, 1.165) is 34.3 Å². The van der Waals surface area contributed by atoms with Gasteiger partial charge in [-0.3, -0.25) is 5.10 Å². The summed E-state index contributed by atoms with van der Waals surface area (Å²) in [5.74, 6) is 2.89. The van der Waals surface area contributed by atoms with Crippen molar-refractivity contribution in [1.82, 2.24) is 20.2 Å². The second-order valence-corrected chi connectivity index (χ2v) is 7.10. The summed E-state index contributed by atoms with van der Waals surface area (Å²) in [6, 6.07) is 6.27. The lowest BCUT2D eigenvalue weighted by Gasteiger charge is -2.07. The summed E-state index contributed by atoms with van der Waals surface area (Å²) in [7, 11) is 0. The minimum absolute atomic E-state index is 0.645. The molecule has 0 saturated heterocycles. The van der Waals surface area contributed by atoms with Crippen LogP contribution < -0.4 is 5.32 Å². The quantitative estimate of drug-likeness (QED) is 0.681. The van der Waals surface area contributed by atoms with E-state index in [1.807, 2.05) is 0 Å². The van der Waals surface area contributed by atoms with E-state index in [9.17, 15) is 0 Å². The maximum Gasteiger partial charge on any atom is 0.171 e. The van der Waals surface area contributed by atoms with Gasteiger partial charge in [0.1, 0.15) is 5.82 Å². The topological polar surface area (TPSA) is 66.5 Å². The predicted molar refractivity (Wildman–Crippen MR) is 98.7 cm³/mol. The molecular formula is C18H19N5S. The van der Waals surface area contributed by atoms with Crippen LogP contribution >= 0.6 is 11.3 Å². The van der Waals surface area contributed by atoms with E-state index in [1.165, 1.54) is 23.4 Å². The van der Waals surface area contributed by atoms with Crippen molar-refractivity contribution in [3.05, 3.63) is 47.1 Å². The molecule has 1 saturated carbocycles. The van der Waals surface area contributed by atoms with E-state index in [2.05, 4.69) is 57.2 Å². The Kier molecular flexibility index (Phi) is 3.90. The van der Waals surface area contributed by atoms with Gasteiger partial charge in [-0.2, -0.15) is 5.10 Å². The minimum atomic E-state index is 0.645. The summed E-state index contributed by atoms with van der Waals surface area (Å²) >= 11 is 1.73. The summed E-state index contributed by atoms with van der Waals surface area (Å²) in [4.78, 5) is 11.6. The van der Waals surface area contributed by atoms with Crippen molar-refractivity contribution >= 4 is 29.0 Å². The lowest BCUT2D eigenvalue weighted by atomic mass is 10.2. The molecule has 0 bridgehead atoms. The van der Waals surface area contributed by atoms with E-state index in [0.29, 0.717) is 5.92 Å². The Morgan fingerprint density at radius 1 is 1.42 bits per heavy atom. The number of thiophene rings is 1. The van der Waals surface area contributed by atoms with Gasteiger partial charge in [-0.25, -0.2) is 9.97 Å². The van der Waals surface area contributed by atoms with Crippen molar-refractivity contribution in [2.75, 3.05) is 5.32 Å². The number of anilines is 2. The normalized spacial score (nSPS) is 13.9. The Morgan fingerprint density at radius 3 is 3.00 bits per heavy atom. The molecule has 0 amide bonds. The van der Waals surface area contributed by atoms with E-state index >= 15 is 0 Å². The summed E-state index contributed by atoms with van der Waals surface area (Å²) < 4.78 is 0. The monoisotopic (exact) mass is 337 g/mol. The van der Waals surface area contributed by atoms with Crippen LogP contribution in [-0.4, -0.2) is 20.2 Å². The average Bonchev–Trinajstić information content (AvgIpc) is 3.17. The Labute approximate surface area is 144 Å². The first kappa shape index (κ1) is 15.1. The summed E-state index contributed by atoms with van der Waals surface area (Å²) in [5, 5.41) is 10.7. The first-order chi connectivity index (χ1) is 11.8. The molecule has 122 valence electrons. The highest BCUT2D eigenvalue weighted by Gasteiger charge is 2.25. The fraction of sp³-hybridized carbons (Fsp3) is 0.278. The zero-order valence-electron chi connectivity index (χ0n) is 13.5. The SMILES string of the molecule is C=Cc1cnc(-c2ccc(CC)s2)nc1Nc1cc(C2CC2)[nH]n1. The third kappa shape index (κ3) is 2.97. The van der Waals surface area contributed by atoms with Gasteiger partial charge in [-0.05, 0) is 31.4 Å². The first-order valence-electron chi connectivity index (χ1n) is 8.17. The molecule has 1 aliphatic rings. The van der Waals surface area contributed by atoms with Gasteiger partial charge in [-0.15, -0.1) is 11.3 Å². The standard InChI is InChI=1S/C18H19N5S/c1-3-11-10-19-18(15-8-7-13(4-2)24-15)21-17(11)20-16-9-14(22-23-16)12-5-6-12/h3,7-10,12H,1,4-6H2,2H3,(H2,19,20,21,22,23). The fourth-order valence-corrected chi connectivity index (χ4v) is 3.46. The van der Waals surface area contributed by atoms with Crippen molar-refractivity contribution in [2.24, 2.45) is 0 Å². The maximum atomic E-state index is 4.69. The maximum absolute atomic E-state index is 4.69. The Morgan fingerprint density at radius 2 is 2.29 bits per heavy atom. The highest BCUT2D eigenvalue weighted by Crippen LogP contribution is 2.39. The van der Waals surface area contributed by atoms with Gasteiger partial charge in [0.15, 0.2) is 11.6 Å². The second kappa shape index (κ2) is 6.20. The zero-order chi connectivity index (χ0) is 16.5. The van der Waals surface area contributed by atoms with Crippen LogP contribution in [0.15, 0.2) is 31.0 Å². The molecule has 1 aliphatic carbocycles. The first-order valence-corrected chi connectivity index (χ1v) is 8.99. The fourth-order valence-electron chi connectivity index (χ4n) is 2.57. The molecule has 0 radical (unpaired) electrons. The third-order valence-corrected chi connectivity index (χ3v) is 5.35. The molecule has 0 aliphatic heterocycles. The van der Waals surface area contributed by atoms with Gasteiger partial charge in [0.2, 0.25) is 0 Å². The molecule has 1 fully saturated rings. The van der Waals surface area contributed by atoms with E-state index in [1.54, 1.807) is 23.6 Å². The van der Waals surface area contributed by atoms with Crippen LogP contribution in [0.2, 0.25) is 0 Å². The number of hydrogen-bond donors (Lipinski definition) is 2. The number of hydrogen-bond acceptors (Lipinski definition) is 5. The van der Waals surface area contributed by atoms with Gasteiger partial charge >= 0.3 is 0 Å². The van der Waals surface area contributed by atoms with E-state index < -0.39 is 0 Å². The van der Waals surface area contributed by atoms with Gasteiger partial charge in [-0.1, -0.05) is 19.6 Å². The lowest BCUT2D eigenvalue weighted by Crippen LogP contribution is -1.99. The summed E-state index contributed by atoms with van der Waals surface area (Å²) in [5.41, 5.74) is 2.06. The smallest absolute Gasteiger partial charge is 0.171 e. The molecule has 6 heteroatoms. The Hall–Kier alpha value is -2.47. The highest BCUT2D eigenvalue weighted by atomic mass is 32.1. The molecule has 0 unspecified atom stereocenters. The largest absolute Gasteiger partial charge is 0.323 e. The molecule has 3 aromatic rings. The van der Waals surface area contributed by atoms with Crippen molar-refractivity contribution in [1.29, 1.82) is 0 Å². The number of aromatic amines is 1. The molecule has 3 aromatic heterocycles. The van der Waals surface area contributed by atoms with Crippen LogP contribution in [-0.2, 0) is 6.42 Å². The van der Waals surface area contributed by atoms with Crippen LogP contribution in [0.5, 0.6) is 0 Å². The van der Waals surface area contributed by atoms with E-state index in [-0.39, 0.29) is 0 Å². The molecule has 0 spiro atoms. The predicted octanol–water partition coefficient (Wildman–Crippen LogP) is 4.75. The van der Waals surface area contributed by atoms with Gasteiger partial charge in [0, 0.05) is 34.3 Å². The third-order valence-electron chi connectivity index (χ3n) is 4.13. The summed E-state index contributed by atoms with van der Waals surface area (Å²) in [6.45, 7) is 6.00. The van der Waals surface area contributed by atoms with Crippen LogP contribution in [0.4, 0.5) is 11.6 Å². The average molecular weight is 337 g/mol. The van der Waals surface area contributed by atoms with Crippen LogP contribution in [0.25, 0.3) is 16.8 Å². The molecule has 24 heavy (non-hydrogen) atoms. The number of nitrogens with zero attached hydrogens (tertiary/aromatic N) is 3. The van der Waals surface area contributed by atoms with Crippen molar-refractivity contribution in [2.45, 2.75) is 32.1 Å². The Balaban J connectivity index is 1.64. The van der Waals surface area contributed by atoms with Crippen LogP contribution in [0.3, 0.4) is 0 Å². The van der Waals surface area contributed by atoms with Gasteiger partial charge < -0.3 is 5.32 Å². The Bertz CT molecular complexity index is 875. The van der Waals surface area contributed by atoms with Crippen LogP contribution in [0.1, 0.15) is 41.8 Å². The van der Waals surface area contributed by atoms with Gasteiger partial charge in [0.25, 0.3) is 0 Å². The molecule has 3 heterocycles. The van der Waals surface area contributed by atoms with Gasteiger partial charge in [0.05, 0.1) is 4.88 Å². The van der Waals surface area contributed by atoms with Crippen molar-refractivity contribution < 1.29 is 0 Å². The molecule has 0 atom stereocenters.